The zero-order chi connectivity index (χ0) is 6.41. The van der Waals surface area contributed by atoms with Gasteiger partial charge in [-0.1, -0.05) is 5.92 Å². The van der Waals surface area contributed by atoms with E-state index in [9.17, 15) is 0 Å². The zero-order valence-corrected chi connectivity index (χ0v) is 4.92. The molecule has 0 fully saturated rings. The van der Waals surface area contributed by atoms with Crippen LogP contribution in [0.15, 0.2) is 0 Å². The molecule has 2 nitrogen and oxygen atoms in total. The Labute approximate surface area is 49.5 Å². The molecule has 1 atom stereocenters. The van der Waals surface area contributed by atoms with E-state index in [0.717, 1.165) is 0 Å². The minimum atomic E-state index is -0.222. The van der Waals surface area contributed by atoms with Crippen molar-refractivity contribution >= 4 is 0 Å². The number of aliphatic hydroxyl groups excluding tert-OH is 1. The maximum absolute atomic E-state index is 8.32. The highest BCUT2D eigenvalue weighted by Crippen LogP contribution is 1.91. The normalized spacial score (nSPS) is 12.6. The second kappa shape index (κ2) is 4.63. The Morgan fingerprint density at radius 3 is 2.62 bits per heavy atom. The molecule has 8 heavy (non-hydrogen) atoms. The summed E-state index contributed by atoms with van der Waals surface area (Å²) in [6.45, 7) is 0.0860. The number of ether oxygens (including phenoxy) is 1. The monoisotopic (exact) mass is 114 g/mol. The van der Waals surface area contributed by atoms with E-state index in [1.165, 1.54) is 7.11 Å². The summed E-state index contributed by atoms with van der Waals surface area (Å²) in [5.74, 6) is 2.37. The molecule has 0 amide bonds. The predicted octanol–water partition coefficient (Wildman–Crippen LogP) is 0.0170. The standard InChI is InChI=1S/C6H10O2/c1-3-6(8-2)4-5-7/h1,6-7H,4-5H2,2H3/t6-/m0/s1. The van der Waals surface area contributed by atoms with Crippen LogP contribution in [0.4, 0.5) is 0 Å². The van der Waals surface area contributed by atoms with Crippen molar-refractivity contribution in [3.05, 3.63) is 0 Å². The first kappa shape index (κ1) is 7.48. The maximum atomic E-state index is 8.32. The lowest BCUT2D eigenvalue weighted by Gasteiger charge is -2.03. The minimum Gasteiger partial charge on any atom is -0.396 e. The zero-order valence-electron chi connectivity index (χ0n) is 4.92. The largest absolute Gasteiger partial charge is 0.396 e. The third-order valence-electron chi connectivity index (χ3n) is 0.862. The van der Waals surface area contributed by atoms with Crippen LogP contribution in [-0.2, 0) is 4.74 Å². The number of hydrogen-bond acceptors (Lipinski definition) is 2. The molecule has 0 heterocycles. The first-order valence-electron chi connectivity index (χ1n) is 2.45. The second-order valence-electron chi connectivity index (χ2n) is 1.40. The summed E-state index contributed by atoms with van der Waals surface area (Å²) in [4.78, 5) is 0. The molecule has 0 saturated heterocycles. The maximum Gasteiger partial charge on any atom is 0.119 e. The number of aliphatic hydroxyl groups is 1. The predicted molar refractivity (Wildman–Crippen MR) is 31.3 cm³/mol. The summed E-state index contributed by atoms with van der Waals surface area (Å²) in [5.41, 5.74) is 0. The van der Waals surface area contributed by atoms with Gasteiger partial charge in [0.15, 0.2) is 0 Å². The van der Waals surface area contributed by atoms with Gasteiger partial charge in [0.1, 0.15) is 6.10 Å². The van der Waals surface area contributed by atoms with Crippen LogP contribution in [-0.4, -0.2) is 24.9 Å². The van der Waals surface area contributed by atoms with E-state index >= 15 is 0 Å². The topological polar surface area (TPSA) is 29.5 Å². The van der Waals surface area contributed by atoms with Gasteiger partial charge in [-0.05, 0) is 0 Å². The number of hydrogen-bond donors (Lipinski definition) is 1. The molecular weight excluding hydrogens is 104 g/mol. The fourth-order valence-corrected chi connectivity index (χ4v) is 0.386. The number of rotatable bonds is 3. The van der Waals surface area contributed by atoms with Gasteiger partial charge in [-0.15, -0.1) is 6.42 Å². The first-order chi connectivity index (χ1) is 3.85. The molecule has 0 rings (SSSR count). The number of terminal acetylenes is 1. The highest BCUT2D eigenvalue weighted by Gasteiger charge is 1.97. The van der Waals surface area contributed by atoms with Crippen LogP contribution < -0.4 is 0 Å². The molecule has 0 spiro atoms. The molecule has 0 aromatic heterocycles. The molecule has 2 heteroatoms. The van der Waals surface area contributed by atoms with E-state index in [-0.39, 0.29) is 12.7 Å². The van der Waals surface area contributed by atoms with Crippen molar-refractivity contribution in [2.75, 3.05) is 13.7 Å². The van der Waals surface area contributed by atoms with Crippen molar-refractivity contribution < 1.29 is 9.84 Å². The summed E-state index contributed by atoms with van der Waals surface area (Å²) < 4.78 is 4.74. The second-order valence-corrected chi connectivity index (χ2v) is 1.40. The van der Waals surface area contributed by atoms with Crippen molar-refractivity contribution in [2.24, 2.45) is 0 Å². The third kappa shape index (κ3) is 2.62. The van der Waals surface area contributed by atoms with Crippen LogP contribution in [0.5, 0.6) is 0 Å². The van der Waals surface area contributed by atoms with Gasteiger partial charge in [0.2, 0.25) is 0 Å². The lowest BCUT2D eigenvalue weighted by atomic mass is 10.3. The van der Waals surface area contributed by atoms with Crippen LogP contribution in [0.1, 0.15) is 6.42 Å². The molecule has 0 aromatic carbocycles. The van der Waals surface area contributed by atoms with E-state index in [2.05, 4.69) is 5.92 Å². The van der Waals surface area contributed by atoms with Gasteiger partial charge in [-0.3, -0.25) is 0 Å². The van der Waals surface area contributed by atoms with Crippen molar-refractivity contribution in [3.63, 3.8) is 0 Å². The van der Waals surface area contributed by atoms with Crippen LogP contribution in [0.3, 0.4) is 0 Å². The molecule has 0 unspecified atom stereocenters. The van der Waals surface area contributed by atoms with E-state index < -0.39 is 0 Å². The molecule has 0 saturated carbocycles. The van der Waals surface area contributed by atoms with Crippen LogP contribution >= 0.6 is 0 Å². The summed E-state index contributed by atoms with van der Waals surface area (Å²) >= 11 is 0. The molecule has 0 aromatic rings. The van der Waals surface area contributed by atoms with Crippen LogP contribution in [0.25, 0.3) is 0 Å². The fraction of sp³-hybridized carbons (Fsp3) is 0.667. The van der Waals surface area contributed by atoms with Crippen molar-refractivity contribution in [1.82, 2.24) is 0 Å². The minimum absolute atomic E-state index is 0.0860. The van der Waals surface area contributed by atoms with E-state index in [1.54, 1.807) is 0 Å². The fourth-order valence-electron chi connectivity index (χ4n) is 0.386. The Balaban J connectivity index is 3.26. The van der Waals surface area contributed by atoms with Crippen molar-refractivity contribution in [3.8, 4) is 12.3 Å². The van der Waals surface area contributed by atoms with Gasteiger partial charge in [0, 0.05) is 20.1 Å². The van der Waals surface area contributed by atoms with Gasteiger partial charge in [-0.2, -0.15) is 0 Å². The quantitative estimate of drug-likeness (QED) is 0.524. The Hall–Kier alpha value is -0.520. The van der Waals surface area contributed by atoms with Gasteiger partial charge in [0.05, 0.1) is 0 Å². The van der Waals surface area contributed by atoms with E-state index in [1.807, 2.05) is 0 Å². The van der Waals surface area contributed by atoms with E-state index in [0.29, 0.717) is 6.42 Å². The molecule has 1 N–H and O–H groups in total. The van der Waals surface area contributed by atoms with Crippen molar-refractivity contribution in [1.29, 1.82) is 0 Å². The van der Waals surface area contributed by atoms with Crippen LogP contribution in [0, 0.1) is 12.3 Å². The SMILES string of the molecule is C#C[C@@H](CCO)OC. The lowest BCUT2D eigenvalue weighted by molar-refractivity contribution is 0.119. The average Bonchev–Trinajstić information content (AvgIpc) is 1.83. The molecule has 0 aliphatic carbocycles. The molecule has 0 aliphatic rings. The highest BCUT2D eigenvalue weighted by molar-refractivity contribution is 4.93. The Bertz CT molecular complexity index is 83.0. The lowest BCUT2D eigenvalue weighted by Crippen LogP contribution is -2.08. The molecule has 0 aliphatic heterocycles. The molecule has 0 radical (unpaired) electrons. The van der Waals surface area contributed by atoms with E-state index in [4.69, 9.17) is 16.3 Å². The Morgan fingerprint density at radius 2 is 2.50 bits per heavy atom. The van der Waals surface area contributed by atoms with Gasteiger partial charge >= 0.3 is 0 Å². The average molecular weight is 114 g/mol. The summed E-state index contributed by atoms with van der Waals surface area (Å²) in [7, 11) is 1.53. The summed E-state index contributed by atoms with van der Waals surface area (Å²) in [5, 5.41) is 8.32. The van der Waals surface area contributed by atoms with Crippen LogP contribution in [0.2, 0.25) is 0 Å². The molecule has 46 valence electrons. The smallest absolute Gasteiger partial charge is 0.119 e. The van der Waals surface area contributed by atoms with Crippen molar-refractivity contribution in [2.45, 2.75) is 12.5 Å². The van der Waals surface area contributed by atoms with Gasteiger partial charge in [0.25, 0.3) is 0 Å². The summed E-state index contributed by atoms with van der Waals surface area (Å²) in [6.07, 6.45) is 5.28. The van der Waals surface area contributed by atoms with Gasteiger partial charge in [-0.25, -0.2) is 0 Å². The van der Waals surface area contributed by atoms with Gasteiger partial charge < -0.3 is 9.84 Å². The Kier molecular flexibility index (Phi) is 4.33. The first-order valence-corrected chi connectivity index (χ1v) is 2.45. The number of methoxy groups -OCH3 is 1. The molecular formula is C6H10O2. The summed E-state index contributed by atoms with van der Waals surface area (Å²) in [6, 6.07) is 0. The third-order valence-corrected chi connectivity index (χ3v) is 0.862. The highest BCUT2D eigenvalue weighted by atomic mass is 16.5. The Morgan fingerprint density at radius 1 is 1.88 bits per heavy atom. The molecule has 0 bridgehead atoms.